The first-order valence-electron chi connectivity index (χ1n) is 9.17. The highest BCUT2D eigenvalue weighted by Gasteiger charge is 2.19. The smallest absolute Gasteiger partial charge is 0.366 e. The Balaban J connectivity index is 1.97. The van der Waals surface area contributed by atoms with E-state index in [9.17, 15) is 4.79 Å². The largest absolute Gasteiger partial charge is 0.493 e. The Hall–Kier alpha value is -3.87. The maximum absolute atomic E-state index is 12.7. The summed E-state index contributed by atoms with van der Waals surface area (Å²) in [5, 5.41) is 4.18. The molecule has 2 aromatic carbocycles. The normalized spacial score (nSPS) is 11.0. The summed E-state index contributed by atoms with van der Waals surface area (Å²) in [6.45, 7) is 0. The molecule has 3 rings (SSSR count). The molecule has 1 heterocycles. The topological polar surface area (TPSA) is 70.2 Å². The Morgan fingerprint density at radius 3 is 2.03 bits per heavy atom. The van der Waals surface area contributed by atoms with Crippen LogP contribution in [0, 0.1) is 0 Å². The van der Waals surface area contributed by atoms with Crippen LogP contribution in [0.5, 0.6) is 17.2 Å². The van der Waals surface area contributed by atoms with Crippen molar-refractivity contribution < 1.29 is 28.4 Å². The van der Waals surface area contributed by atoms with Gasteiger partial charge in [0.25, 0.3) is 0 Å². The number of oxime groups is 1. The predicted molar refractivity (Wildman–Crippen MR) is 111 cm³/mol. The Kier molecular flexibility index (Phi) is 6.64. The van der Waals surface area contributed by atoms with Crippen molar-refractivity contribution in [3.8, 4) is 17.2 Å². The van der Waals surface area contributed by atoms with Gasteiger partial charge in [-0.2, -0.15) is 0 Å². The quantitative estimate of drug-likeness (QED) is 0.260. The van der Waals surface area contributed by atoms with Gasteiger partial charge in [-0.15, -0.1) is 0 Å². The number of nitrogens with zero attached hydrogens (tertiary/aromatic N) is 2. The number of hydrogen-bond acceptors (Lipinski definition) is 6. The molecule has 3 aromatic rings. The minimum absolute atomic E-state index is 0.222. The van der Waals surface area contributed by atoms with Crippen LogP contribution in [0.25, 0.3) is 0 Å². The van der Waals surface area contributed by atoms with Gasteiger partial charge in [-0.3, -0.25) is 0 Å². The molecular weight excluding hydrogens is 384 g/mol. The summed E-state index contributed by atoms with van der Waals surface area (Å²) in [6.07, 6.45) is 3.81. The second-order valence-corrected chi connectivity index (χ2v) is 6.36. The van der Waals surface area contributed by atoms with Gasteiger partial charge in [0.2, 0.25) is 5.75 Å². The monoisotopic (exact) mass is 407 g/mol. The van der Waals surface area contributed by atoms with Gasteiger partial charge in [-0.1, -0.05) is 35.5 Å². The first kappa shape index (κ1) is 20.9. The number of benzene rings is 2. The molecule has 0 aliphatic heterocycles. The molecule has 0 spiro atoms. The fourth-order valence-electron chi connectivity index (χ4n) is 2.93. The molecule has 0 aliphatic carbocycles. The van der Waals surface area contributed by atoms with Crippen molar-refractivity contribution in [1.82, 2.24) is 0 Å². The van der Waals surface area contributed by atoms with Gasteiger partial charge in [0, 0.05) is 11.6 Å². The highest BCUT2D eigenvalue weighted by Crippen LogP contribution is 2.38. The van der Waals surface area contributed by atoms with Crippen molar-refractivity contribution in [2.45, 2.75) is 0 Å². The molecule has 0 N–H and O–H groups in total. The van der Waals surface area contributed by atoms with Crippen molar-refractivity contribution in [2.24, 2.45) is 12.2 Å². The molecule has 7 nitrogen and oxygen atoms in total. The van der Waals surface area contributed by atoms with Gasteiger partial charge in [-0.05, 0) is 18.2 Å². The minimum atomic E-state index is -0.650. The average Bonchev–Trinajstić information content (AvgIpc) is 2.78. The number of hydrogen-bond donors (Lipinski definition) is 0. The summed E-state index contributed by atoms with van der Waals surface area (Å²) < 4.78 is 17.8. The molecule has 0 unspecified atom stereocenters. The number of aryl methyl sites for hydroxylation is 1. The van der Waals surface area contributed by atoms with Crippen LogP contribution >= 0.6 is 0 Å². The van der Waals surface area contributed by atoms with Gasteiger partial charge >= 0.3 is 5.97 Å². The molecule has 30 heavy (non-hydrogen) atoms. The molecule has 154 valence electrons. The molecular formula is C23H23N2O5+. The molecule has 0 saturated carbocycles. The van der Waals surface area contributed by atoms with E-state index in [0.717, 1.165) is 11.1 Å². The summed E-state index contributed by atoms with van der Waals surface area (Å²) >= 11 is 0. The zero-order valence-electron chi connectivity index (χ0n) is 17.3. The fraction of sp³-hybridized carbons (Fsp3) is 0.174. The lowest BCUT2D eigenvalue weighted by Crippen LogP contribution is -2.28. The zero-order chi connectivity index (χ0) is 21.5. The van der Waals surface area contributed by atoms with Crippen LogP contribution in [0.1, 0.15) is 21.5 Å². The predicted octanol–water partition coefficient (Wildman–Crippen LogP) is 3.15. The lowest BCUT2D eigenvalue weighted by Gasteiger charge is -2.13. The molecule has 0 bridgehead atoms. The molecule has 0 atom stereocenters. The van der Waals surface area contributed by atoms with E-state index in [4.69, 9.17) is 19.0 Å². The van der Waals surface area contributed by atoms with Crippen LogP contribution in [0.3, 0.4) is 0 Å². The molecule has 7 heteroatoms. The molecule has 1 aromatic heterocycles. The highest BCUT2D eigenvalue weighted by atomic mass is 16.7. The summed E-state index contributed by atoms with van der Waals surface area (Å²) in [7, 11) is 6.36. The van der Waals surface area contributed by atoms with Crippen molar-refractivity contribution in [1.29, 1.82) is 0 Å². The SMILES string of the molecule is COc1cc(C(=O)ON=C(c2ccccc2)c2ccc[n+](C)c2)cc(OC)c1OC. The third-order valence-electron chi connectivity index (χ3n) is 4.38. The van der Waals surface area contributed by atoms with E-state index in [1.54, 1.807) is 0 Å². The summed E-state index contributed by atoms with van der Waals surface area (Å²) in [6, 6.07) is 16.3. The van der Waals surface area contributed by atoms with E-state index >= 15 is 0 Å². The van der Waals surface area contributed by atoms with Crippen LogP contribution in [0.15, 0.2) is 72.1 Å². The Bertz CT molecular complexity index is 1040. The zero-order valence-corrected chi connectivity index (χ0v) is 17.3. The number of aromatic nitrogens is 1. The average molecular weight is 407 g/mol. The fourth-order valence-corrected chi connectivity index (χ4v) is 2.93. The number of ether oxygens (including phenoxy) is 3. The second kappa shape index (κ2) is 9.56. The standard InChI is InChI=1S/C23H23N2O5/c1-25-12-8-11-17(15-25)21(16-9-6-5-7-10-16)24-30-23(26)18-13-19(27-2)22(29-4)20(14-18)28-3/h5-15H,1-4H3/q+1. The van der Waals surface area contributed by atoms with E-state index in [2.05, 4.69) is 5.16 Å². The van der Waals surface area contributed by atoms with Crippen LogP contribution < -0.4 is 18.8 Å². The first-order chi connectivity index (χ1) is 14.6. The molecule has 0 aliphatic rings. The molecule has 0 fully saturated rings. The van der Waals surface area contributed by atoms with E-state index in [-0.39, 0.29) is 5.56 Å². The maximum Gasteiger partial charge on any atom is 0.366 e. The number of carbonyl (C=O) groups is 1. The van der Waals surface area contributed by atoms with Crippen LogP contribution in [-0.4, -0.2) is 33.0 Å². The number of rotatable bonds is 7. The third-order valence-corrected chi connectivity index (χ3v) is 4.38. The van der Waals surface area contributed by atoms with Gasteiger partial charge in [0.05, 0.1) is 32.5 Å². The Morgan fingerprint density at radius 2 is 1.47 bits per heavy atom. The Labute approximate surface area is 175 Å². The summed E-state index contributed by atoms with van der Waals surface area (Å²) in [4.78, 5) is 18.0. The van der Waals surface area contributed by atoms with Gasteiger partial charge in [0.15, 0.2) is 23.9 Å². The number of methoxy groups -OCH3 is 3. The van der Waals surface area contributed by atoms with E-state index in [1.807, 2.05) is 66.5 Å². The summed E-state index contributed by atoms with van der Waals surface area (Å²) in [5.74, 6) is 0.446. The molecule has 0 radical (unpaired) electrons. The van der Waals surface area contributed by atoms with Crippen molar-refractivity contribution in [3.05, 3.63) is 83.7 Å². The second-order valence-electron chi connectivity index (χ2n) is 6.36. The van der Waals surface area contributed by atoms with Crippen molar-refractivity contribution in [2.75, 3.05) is 21.3 Å². The van der Waals surface area contributed by atoms with Crippen LogP contribution in [0.4, 0.5) is 0 Å². The molecule has 0 amide bonds. The first-order valence-corrected chi connectivity index (χ1v) is 9.17. The van der Waals surface area contributed by atoms with E-state index < -0.39 is 5.97 Å². The lowest BCUT2D eigenvalue weighted by atomic mass is 10.0. The van der Waals surface area contributed by atoms with E-state index in [0.29, 0.717) is 23.0 Å². The van der Waals surface area contributed by atoms with Crippen molar-refractivity contribution in [3.63, 3.8) is 0 Å². The Morgan fingerprint density at radius 1 is 0.833 bits per heavy atom. The van der Waals surface area contributed by atoms with Crippen LogP contribution in [-0.2, 0) is 11.9 Å². The minimum Gasteiger partial charge on any atom is -0.493 e. The molecule has 0 saturated heterocycles. The highest BCUT2D eigenvalue weighted by molar-refractivity contribution is 6.12. The number of carbonyl (C=O) groups excluding carboxylic acids is 1. The van der Waals surface area contributed by atoms with Gasteiger partial charge < -0.3 is 19.0 Å². The number of pyridine rings is 1. The maximum atomic E-state index is 12.7. The van der Waals surface area contributed by atoms with Gasteiger partial charge in [0.1, 0.15) is 12.8 Å². The third kappa shape index (κ3) is 4.57. The summed E-state index contributed by atoms with van der Waals surface area (Å²) in [5.41, 5.74) is 2.39. The lowest BCUT2D eigenvalue weighted by molar-refractivity contribution is -0.671. The van der Waals surface area contributed by atoms with Crippen molar-refractivity contribution >= 4 is 11.7 Å². The van der Waals surface area contributed by atoms with E-state index in [1.165, 1.54) is 33.5 Å². The van der Waals surface area contributed by atoms with Crippen LogP contribution in [0.2, 0.25) is 0 Å². The van der Waals surface area contributed by atoms with Gasteiger partial charge in [-0.25, -0.2) is 9.36 Å².